The lowest BCUT2D eigenvalue weighted by Gasteiger charge is -2.18. The first-order chi connectivity index (χ1) is 15.8. The molecule has 32 heavy (non-hydrogen) atoms. The molecule has 1 aliphatic heterocycles. The van der Waals surface area contributed by atoms with Crippen LogP contribution in [0.15, 0.2) is 88.5 Å². The second-order valence-corrected chi connectivity index (χ2v) is 8.01. The maximum atomic E-state index is 12.5. The summed E-state index contributed by atoms with van der Waals surface area (Å²) in [5.41, 5.74) is 3.31. The van der Waals surface area contributed by atoms with Crippen LogP contribution in [-0.2, 0) is 4.79 Å². The molecule has 0 unspecified atom stereocenters. The minimum absolute atomic E-state index is 0.160. The number of nitrogens with one attached hydrogen (secondary N) is 1. The summed E-state index contributed by atoms with van der Waals surface area (Å²) in [6.07, 6.45) is 0. The van der Waals surface area contributed by atoms with Crippen LogP contribution in [0.5, 0.6) is 11.5 Å². The summed E-state index contributed by atoms with van der Waals surface area (Å²) in [5, 5.41) is 3.33. The van der Waals surface area contributed by atoms with E-state index in [2.05, 4.69) is 10.3 Å². The van der Waals surface area contributed by atoms with E-state index in [1.54, 1.807) is 18.2 Å². The molecule has 7 heteroatoms. The van der Waals surface area contributed by atoms with E-state index in [0.29, 0.717) is 41.4 Å². The molecule has 1 aromatic heterocycles. The Morgan fingerprint density at radius 3 is 2.31 bits per heavy atom. The van der Waals surface area contributed by atoms with Gasteiger partial charge in [0.25, 0.3) is 5.22 Å². The fraction of sp³-hybridized carbons (Fsp3) is 0.120. The zero-order chi connectivity index (χ0) is 21.8. The Morgan fingerprint density at radius 2 is 1.56 bits per heavy atom. The van der Waals surface area contributed by atoms with Crippen LogP contribution in [-0.4, -0.2) is 29.9 Å². The van der Waals surface area contributed by atoms with Gasteiger partial charge in [0.15, 0.2) is 17.3 Å². The van der Waals surface area contributed by atoms with E-state index in [9.17, 15) is 4.79 Å². The highest BCUT2D eigenvalue weighted by atomic mass is 32.2. The number of ether oxygens (including phenoxy) is 2. The van der Waals surface area contributed by atoms with Crippen molar-refractivity contribution in [1.29, 1.82) is 0 Å². The molecule has 0 fully saturated rings. The molecular weight excluding hydrogens is 424 g/mol. The Morgan fingerprint density at radius 1 is 0.875 bits per heavy atom. The second-order valence-electron chi connectivity index (χ2n) is 7.08. The number of benzene rings is 3. The molecule has 3 aromatic carbocycles. The summed E-state index contributed by atoms with van der Waals surface area (Å²) in [6, 6.07) is 25.1. The minimum atomic E-state index is -0.160. The van der Waals surface area contributed by atoms with Crippen molar-refractivity contribution >= 4 is 23.4 Å². The number of hydrogen-bond acceptors (Lipinski definition) is 6. The van der Waals surface area contributed by atoms with Gasteiger partial charge in [-0.05, 0) is 12.1 Å². The number of rotatable bonds is 6. The molecule has 1 aliphatic rings. The Labute approximate surface area is 189 Å². The van der Waals surface area contributed by atoms with E-state index in [1.807, 2.05) is 60.7 Å². The molecule has 4 aromatic rings. The van der Waals surface area contributed by atoms with Crippen molar-refractivity contribution in [3.05, 3.63) is 78.9 Å². The van der Waals surface area contributed by atoms with Crippen LogP contribution >= 0.6 is 11.8 Å². The third-order valence-corrected chi connectivity index (χ3v) is 5.67. The summed E-state index contributed by atoms with van der Waals surface area (Å²) < 4.78 is 17.1. The lowest BCUT2D eigenvalue weighted by Crippen LogP contribution is -2.17. The average molecular weight is 445 g/mol. The van der Waals surface area contributed by atoms with Crippen molar-refractivity contribution in [2.45, 2.75) is 5.22 Å². The van der Waals surface area contributed by atoms with Crippen LogP contribution in [0, 0.1) is 0 Å². The van der Waals surface area contributed by atoms with Crippen molar-refractivity contribution in [1.82, 2.24) is 4.98 Å². The minimum Gasteiger partial charge on any atom is -0.486 e. The van der Waals surface area contributed by atoms with Crippen LogP contribution in [0.2, 0.25) is 0 Å². The molecule has 5 rings (SSSR count). The molecule has 0 saturated heterocycles. The molecule has 1 amide bonds. The first kappa shape index (κ1) is 20.2. The van der Waals surface area contributed by atoms with E-state index in [1.165, 1.54) is 11.8 Å². The summed E-state index contributed by atoms with van der Waals surface area (Å²) >= 11 is 1.26. The van der Waals surface area contributed by atoms with E-state index < -0.39 is 0 Å². The van der Waals surface area contributed by atoms with Crippen LogP contribution in [0.4, 0.5) is 5.69 Å². The topological polar surface area (TPSA) is 73.6 Å². The number of aromatic nitrogens is 1. The SMILES string of the molecule is O=C(CSc1nc(-c2ccccc2)c(-c2ccccc2)o1)Nc1ccc2c(c1)OCCO2. The maximum Gasteiger partial charge on any atom is 0.257 e. The maximum absolute atomic E-state index is 12.5. The van der Waals surface area contributed by atoms with Gasteiger partial charge in [0, 0.05) is 22.9 Å². The van der Waals surface area contributed by atoms with Gasteiger partial charge in [-0.2, -0.15) is 0 Å². The molecule has 2 heterocycles. The van der Waals surface area contributed by atoms with Gasteiger partial charge in [-0.1, -0.05) is 72.4 Å². The number of carbonyl (C=O) groups excluding carboxylic acids is 1. The van der Waals surface area contributed by atoms with Crippen LogP contribution in [0.25, 0.3) is 22.6 Å². The average Bonchev–Trinajstić information content (AvgIpc) is 3.28. The van der Waals surface area contributed by atoms with Crippen LogP contribution in [0.1, 0.15) is 0 Å². The van der Waals surface area contributed by atoms with Crippen LogP contribution in [0.3, 0.4) is 0 Å². The zero-order valence-electron chi connectivity index (χ0n) is 17.1. The first-order valence-electron chi connectivity index (χ1n) is 10.2. The third-order valence-electron chi connectivity index (χ3n) is 4.84. The van der Waals surface area contributed by atoms with Gasteiger partial charge in [0.2, 0.25) is 5.91 Å². The Kier molecular flexibility index (Phi) is 5.81. The summed E-state index contributed by atoms with van der Waals surface area (Å²) in [7, 11) is 0. The summed E-state index contributed by atoms with van der Waals surface area (Å²) in [4.78, 5) is 17.2. The highest BCUT2D eigenvalue weighted by molar-refractivity contribution is 7.99. The Bertz CT molecular complexity index is 1170. The van der Waals surface area contributed by atoms with Gasteiger partial charge in [-0.15, -0.1) is 0 Å². The number of anilines is 1. The Balaban J connectivity index is 1.31. The van der Waals surface area contributed by atoms with Gasteiger partial charge in [0.1, 0.15) is 18.9 Å². The number of hydrogen-bond donors (Lipinski definition) is 1. The highest BCUT2D eigenvalue weighted by Gasteiger charge is 2.18. The van der Waals surface area contributed by atoms with Crippen molar-refractivity contribution in [2.24, 2.45) is 0 Å². The molecule has 1 N–H and O–H groups in total. The second kappa shape index (κ2) is 9.20. The molecule has 0 bridgehead atoms. The molecule has 0 saturated carbocycles. The molecule has 160 valence electrons. The standard InChI is InChI=1S/C25H20N2O4S/c28-22(26-19-11-12-20-21(15-19)30-14-13-29-20)16-32-25-27-23(17-7-3-1-4-8-17)24(31-25)18-9-5-2-6-10-18/h1-12,15H,13-14,16H2,(H,26,28). The lowest BCUT2D eigenvalue weighted by atomic mass is 10.1. The molecular formula is C25H20N2O4S. The van der Waals surface area contributed by atoms with E-state index in [-0.39, 0.29) is 11.7 Å². The normalized spacial score (nSPS) is 12.4. The van der Waals surface area contributed by atoms with Crippen LogP contribution < -0.4 is 14.8 Å². The fourth-order valence-corrected chi connectivity index (χ4v) is 4.01. The van der Waals surface area contributed by atoms with Gasteiger partial charge < -0.3 is 19.2 Å². The number of carbonyl (C=O) groups is 1. The lowest BCUT2D eigenvalue weighted by molar-refractivity contribution is -0.113. The van der Waals surface area contributed by atoms with Gasteiger partial charge >= 0.3 is 0 Å². The number of thioether (sulfide) groups is 1. The number of fused-ring (bicyclic) bond motifs is 1. The quantitative estimate of drug-likeness (QED) is 0.395. The number of amides is 1. The van der Waals surface area contributed by atoms with Crippen molar-refractivity contribution in [3.8, 4) is 34.1 Å². The van der Waals surface area contributed by atoms with Crippen molar-refractivity contribution in [2.75, 3.05) is 24.3 Å². The van der Waals surface area contributed by atoms with Crippen molar-refractivity contribution < 1.29 is 18.7 Å². The Hall–Kier alpha value is -3.71. The largest absolute Gasteiger partial charge is 0.486 e. The molecule has 0 aliphatic carbocycles. The smallest absolute Gasteiger partial charge is 0.257 e. The number of nitrogens with zero attached hydrogens (tertiary/aromatic N) is 1. The van der Waals surface area contributed by atoms with Gasteiger partial charge in [0.05, 0.1) is 5.75 Å². The predicted molar refractivity (Wildman–Crippen MR) is 124 cm³/mol. The predicted octanol–water partition coefficient (Wildman–Crippen LogP) is 5.51. The monoisotopic (exact) mass is 444 g/mol. The van der Waals surface area contributed by atoms with Gasteiger partial charge in [-0.3, -0.25) is 4.79 Å². The molecule has 0 radical (unpaired) electrons. The zero-order valence-corrected chi connectivity index (χ0v) is 17.9. The number of oxazole rings is 1. The molecule has 0 atom stereocenters. The van der Waals surface area contributed by atoms with Gasteiger partial charge in [-0.25, -0.2) is 4.98 Å². The fourth-order valence-electron chi connectivity index (χ4n) is 3.38. The van der Waals surface area contributed by atoms with Crippen molar-refractivity contribution in [3.63, 3.8) is 0 Å². The van der Waals surface area contributed by atoms with E-state index in [0.717, 1.165) is 16.8 Å². The van der Waals surface area contributed by atoms with E-state index >= 15 is 0 Å². The molecule has 0 spiro atoms. The summed E-state index contributed by atoms with van der Waals surface area (Å²) in [6.45, 7) is 1.03. The first-order valence-corrected chi connectivity index (χ1v) is 11.2. The third kappa shape index (κ3) is 4.48. The highest BCUT2D eigenvalue weighted by Crippen LogP contribution is 2.36. The van der Waals surface area contributed by atoms with E-state index in [4.69, 9.17) is 13.9 Å². The molecule has 6 nitrogen and oxygen atoms in total. The summed E-state index contributed by atoms with van der Waals surface area (Å²) in [5.74, 6) is 2.01.